The normalized spacial score (nSPS) is 41.6. The number of carbonyl (C=O) groups is 2. The summed E-state index contributed by atoms with van der Waals surface area (Å²) >= 11 is 0. The van der Waals surface area contributed by atoms with E-state index in [4.69, 9.17) is 33.2 Å². The Morgan fingerprint density at radius 2 is 1.55 bits per heavy atom. The van der Waals surface area contributed by atoms with Gasteiger partial charge in [-0.05, 0) is 60.5 Å². The maximum Gasteiger partial charge on any atom is 0.423 e. The van der Waals surface area contributed by atoms with E-state index in [1.165, 1.54) is 0 Å². The fourth-order valence-corrected chi connectivity index (χ4v) is 11.1. The van der Waals surface area contributed by atoms with Crippen LogP contribution in [0.3, 0.4) is 0 Å². The lowest BCUT2D eigenvalue weighted by atomic mass is 9.43. The second kappa shape index (κ2) is 13.2. The number of aliphatic hydroxyl groups is 4. The van der Waals surface area contributed by atoms with Crippen molar-refractivity contribution in [2.45, 2.75) is 115 Å². The van der Waals surface area contributed by atoms with Gasteiger partial charge in [0.1, 0.15) is 18.0 Å². The monoisotopic (exact) mass is 764 g/mol. The van der Waals surface area contributed by atoms with Crippen molar-refractivity contribution < 1.29 is 68.0 Å². The fraction of sp³-hybridized carbons (Fsp3) is 0.610. The molecule has 8 rings (SSSR count). The molecule has 296 valence electrons. The van der Waals surface area contributed by atoms with Gasteiger partial charge in [0.05, 0.1) is 18.8 Å². The van der Waals surface area contributed by atoms with E-state index in [0.717, 1.165) is 32.1 Å². The van der Waals surface area contributed by atoms with Crippen molar-refractivity contribution in [1.29, 1.82) is 0 Å². The van der Waals surface area contributed by atoms with Crippen molar-refractivity contribution in [3.05, 3.63) is 77.3 Å². The zero-order valence-corrected chi connectivity index (χ0v) is 31.1. The van der Waals surface area contributed by atoms with Gasteiger partial charge < -0.3 is 53.6 Å². The number of fused-ring (bicyclic) bond motifs is 5. The van der Waals surface area contributed by atoms with Crippen LogP contribution in [0.25, 0.3) is 0 Å². The molecule has 0 amide bonds. The molecule has 0 aromatic rings. The van der Waals surface area contributed by atoms with E-state index in [-0.39, 0.29) is 107 Å². The molecule has 14 nitrogen and oxygen atoms in total. The third kappa shape index (κ3) is 5.95. The predicted molar refractivity (Wildman–Crippen MR) is 187 cm³/mol. The molecule has 5 fully saturated rings. The van der Waals surface area contributed by atoms with E-state index in [0.29, 0.717) is 24.8 Å². The van der Waals surface area contributed by atoms with E-state index in [1.807, 2.05) is 6.92 Å². The van der Waals surface area contributed by atoms with Crippen LogP contribution in [0.5, 0.6) is 0 Å². The quantitative estimate of drug-likeness (QED) is 0.165. The van der Waals surface area contributed by atoms with Crippen LogP contribution in [0, 0.1) is 34.5 Å². The lowest BCUT2D eigenvalue weighted by Crippen LogP contribution is -2.71. The van der Waals surface area contributed by atoms with Gasteiger partial charge in [0.2, 0.25) is 29.9 Å². The summed E-state index contributed by atoms with van der Waals surface area (Å²) in [4.78, 5) is 35.7. The van der Waals surface area contributed by atoms with Crippen LogP contribution in [0.15, 0.2) is 77.3 Å². The van der Waals surface area contributed by atoms with Crippen LogP contribution in [-0.2, 0) is 38.0 Å². The number of rotatable bonds is 7. The Hall–Kier alpha value is -4.65. The molecule has 0 aromatic heterocycles. The highest BCUT2D eigenvalue weighted by atomic mass is 16.7. The van der Waals surface area contributed by atoms with E-state index in [2.05, 4.69) is 32.4 Å². The Labute approximate surface area is 318 Å². The highest BCUT2D eigenvalue weighted by molar-refractivity contribution is 6.43. The van der Waals surface area contributed by atoms with E-state index in [9.17, 15) is 29.7 Å². The number of ketones is 3. The smallest absolute Gasteiger partial charge is 0.423 e. The molecule has 8 aliphatic rings. The maximum absolute atomic E-state index is 15.0. The minimum absolute atomic E-state index is 0.00470. The largest absolute Gasteiger partial charge is 0.849 e. The standard InChI is InChI=1S/C41H47O14/c1-19-36(47)28(42)15-34(50-19)54-38-21(3)52-35(17-30(38)44)55-37-20(2)51-33(16-29(37)43)53-24-8-10-39(4)23(13-24)6-7-26-27(39)14-31(45)40(5)25(9-11-41(26,40)48)22-12-32(46)49-18-22/h23-27,33-35,43-44,46H,1-3,6-11,13-18H2,4-5H3/q-1/p+1. The molecule has 0 aromatic carbocycles. The molecule has 55 heavy (non-hydrogen) atoms. The van der Waals surface area contributed by atoms with Crippen molar-refractivity contribution in [3.8, 4) is 0 Å². The Bertz CT molecular complexity index is 1880. The SMILES string of the molecule is C=C1OC(OC2=C(O)CC(OC3=C(O)CC([OH+]C4CCC5(C)C(CCC6C5CC(=O)C5(C)C(C7=C=C([O-])OC7)CCC65[O-])C4)OC3=C)OC2=C)CC(=O)C1=[OH+]. The van der Waals surface area contributed by atoms with Crippen LogP contribution in [-0.4, -0.2) is 74.3 Å². The fourth-order valence-electron chi connectivity index (χ4n) is 11.1. The van der Waals surface area contributed by atoms with Crippen molar-refractivity contribution in [3.63, 3.8) is 0 Å². The number of carbonyl (C=O) groups excluding carboxylic acids is 3. The van der Waals surface area contributed by atoms with Crippen LogP contribution >= 0.6 is 0 Å². The van der Waals surface area contributed by atoms with Crippen LogP contribution in [0.1, 0.15) is 84.5 Å². The van der Waals surface area contributed by atoms with Crippen molar-refractivity contribution in [1.82, 2.24) is 0 Å². The van der Waals surface area contributed by atoms with Crippen molar-refractivity contribution in [2.75, 3.05) is 6.61 Å². The molecular weight excluding hydrogens is 716 g/mol. The van der Waals surface area contributed by atoms with Gasteiger partial charge in [0.25, 0.3) is 5.78 Å². The average Bonchev–Trinajstić information content (AvgIpc) is 3.67. The van der Waals surface area contributed by atoms with Gasteiger partial charge >= 0.3 is 12.1 Å². The average molecular weight is 765 g/mol. The van der Waals surface area contributed by atoms with Gasteiger partial charge in [-0.1, -0.05) is 51.2 Å². The Balaban J connectivity index is 0.879. The third-order valence-electron chi connectivity index (χ3n) is 14.0. The minimum atomic E-state index is -1.40. The molecule has 0 spiro atoms. The zero-order valence-electron chi connectivity index (χ0n) is 31.1. The maximum atomic E-state index is 15.0. The Morgan fingerprint density at radius 1 is 0.873 bits per heavy atom. The molecule has 0 bridgehead atoms. The van der Waals surface area contributed by atoms with E-state index >= 15 is 5.11 Å². The summed E-state index contributed by atoms with van der Waals surface area (Å²) in [5.74, 6) is -2.90. The summed E-state index contributed by atoms with van der Waals surface area (Å²) in [7, 11) is 0. The number of ether oxygens (including phenoxy) is 7. The van der Waals surface area contributed by atoms with E-state index < -0.39 is 47.4 Å². The second-order valence-electron chi connectivity index (χ2n) is 16.7. The van der Waals surface area contributed by atoms with Gasteiger partial charge in [-0.3, -0.25) is 14.4 Å². The molecule has 4 aliphatic carbocycles. The van der Waals surface area contributed by atoms with Crippen molar-refractivity contribution in [2.24, 2.45) is 34.5 Å². The highest BCUT2D eigenvalue weighted by Gasteiger charge is 2.66. The first-order chi connectivity index (χ1) is 26.0. The Kier molecular flexibility index (Phi) is 8.97. The van der Waals surface area contributed by atoms with Crippen LogP contribution in [0.4, 0.5) is 0 Å². The van der Waals surface area contributed by atoms with Crippen molar-refractivity contribution >= 4 is 17.3 Å². The summed E-state index contributed by atoms with van der Waals surface area (Å²) in [6.45, 7) is 15.4. The number of allylic oxidation sites excluding steroid dienone is 1. The first kappa shape index (κ1) is 37.3. The summed E-state index contributed by atoms with van der Waals surface area (Å²) in [6.07, 6.45) is 1.74. The molecule has 11 atom stereocenters. The minimum Gasteiger partial charge on any atom is -0.849 e. The summed E-state index contributed by atoms with van der Waals surface area (Å²) in [5, 5.41) is 48.6. The van der Waals surface area contributed by atoms with Gasteiger partial charge in [-0.25, -0.2) is 0 Å². The summed E-state index contributed by atoms with van der Waals surface area (Å²) < 4.78 is 38.6. The van der Waals surface area contributed by atoms with E-state index in [1.54, 1.807) is 0 Å². The topological polar surface area (TPSA) is 210 Å². The van der Waals surface area contributed by atoms with Crippen LogP contribution < -0.4 is 10.2 Å². The van der Waals surface area contributed by atoms with Gasteiger partial charge in [0, 0.05) is 31.3 Å². The molecule has 4 saturated carbocycles. The molecule has 0 radical (unpaired) electrons. The molecular formula is C41H48O14. The number of Topliss-reactive ketones (excluding diaryl/α,β-unsaturated/α-hetero) is 2. The predicted octanol–water partition coefficient (Wildman–Crippen LogP) is 3.43. The Morgan fingerprint density at radius 3 is 2.20 bits per heavy atom. The number of hydrogen-bond donors (Lipinski definition) is 2. The second-order valence-corrected chi connectivity index (χ2v) is 16.7. The molecule has 11 unspecified atom stereocenters. The summed E-state index contributed by atoms with van der Waals surface area (Å²) in [5.41, 5.74) is 0.757. The summed E-state index contributed by atoms with van der Waals surface area (Å²) in [6, 6.07) is 0. The molecule has 1 saturated heterocycles. The first-order valence-corrected chi connectivity index (χ1v) is 19.1. The zero-order chi connectivity index (χ0) is 39.2. The molecule has 4 heterocycles. The lowest BCUT2D eigenvalue weighted by Gasteiger charge is -2.67. The number of hydrogen-bond acceptors (Lipinski definition) is 12. The lowest BCUT2D eigenvalue weighted by molar-refractivity contribution is -0.522. The van der Waals surface area contributed by atoms with Gasteiger partial charge in [0.15, 0.2) is 23.4 Å². The highest BCUT2D eigenvalue weighted by Crippen LogP contribution is 2.68. The molecule has 4 aliphatic heterocycles. The first-order valence-electron chi connectivity index (χ1n) is 19.1. The van der Waals surface area contributed by atoms with Gasteiger partial charge in [-0.2, -0.15) is 0 Å². The molecule has 14 heteroatoms. The van der Waals surface area contributed by atoms with Gasteiger partial charge in [-0.15, -0.1) is 0 Å². The molecule has 4 N–H and O–H groups in total. The van der Waals surface area contributed by atoms with Crippen LogP contribution in [0.2, 0.25) is 0 Å². The number of aliphatic hydroxyl groups excluding tert-OH is 2. The third-order valence-corrected chi connectivity index (χ3v) is 14.0.